The van der Waals surface area contributed by atoms with Crippen LogP contribution in [0.3, 0.4) is 0 Å². The average molecular weight is 463 g/mol. The van der Waals surface area contributed by atoms with E-state index in [1.165, 1.54) is 31.0 Å². The highest BCUT2D eigenvalue weighted by molar-refractivity contribution is 6.40. The maximum Gasteiger partial charge on any atom is 0.357 e. The van der Waals surface area contributed by atoms with Crippen LogP contribution in [0.25, 0.3) is 16.9 Å². The first-order valence-corrected chi connectivity index (χ1v) is 9.52. The molecule has 0 unspecified atom stereocenters. The van der Waals surface area contributed by atoms with Gasteiger partial charge < -0.3 is 14.2 Å². The molecule has 0 atom stereocenters. The van der Waals surface area contributed by atoms with Crippen molar-refractivity contribution in [3.63, 3.8) is 0 Å². The molecule has 160 valence electrons. The Hall–Kier alpha value is -3.36. The van der Waals surface area contributed by atoms with Gasteiger partial charge in [0.05, 0.1) is 42.6 Å². The molecule has 0 spiro atoms. The summed E-state index contributed by atoms with van der Waals surface area (Å²) in [6.45, 7) is 0. The summed E-state index contributed by atoms with van der Waals surface area (Å²) in [5.74, 6) is -2.31. The first-order valence-electron chi connectivity index (χ1n) is 8.76. The number of para-hydroxylation sites is 1. The molecule has 0 saturated heterocycles. The highest BCUT2D eigenvalue weighted by atomic mass is 35.5. The van der Waals surface area contributed by atoms with Crippen LogP contribution in [0.15, 0.2) is 42.5 Å². The molecule has 31 heavy (non-hydrogen) atoms. The van der Waals surface area contributed by atoms with Gasteiger partial charge in [-0.3, -0.25) is 0 Å². The van der Waals surface area contributed by atoms with E-state index in [9.17, 15) is 14.4 Å². The zero-order valence-electron chi connectivity index (χ0n) is 16.6. The van der Waals surface area contributed by atoms with Gasteiger partial charge >= 0.3 is 17.9 Å². The van der Waals surface area contributed by atoms with Crippen molar-refractivity contribution in [1.82, 2.24) is 9.78 Å². The lowest BCUT2D eigenvalue weighted by Gasteiger charge is -2.09. The largest absolute Gasteiger partial charge is 0.465 e. The van der Waals surface area contributed by atoms with Crippen LogP contribution in [-0.2, 0) is 14.2 Å². The van der Waals surface area contributed by atoms with Crippen LogP contribution in [0, 0.1) is 0 Å². The molecule has 2 aromatic carbocycles. The average Bonchev–Trinajstić information content (AvgIpc) is 3.17. The van der Waals surface area contributed by atoms with Gasteiger partial charge in [-0.25, -0.2) is 19.1 Å². The van der Waals surface area contributed by atoms with Crippen LogP contribution in [0.2, 0.25) is 10.0 Å². The number of esters is 3. The molecule has 1 aromatic heterocycles. The Balaban J connectivity index is 2.38. The van der Waals surface area contributed by atoms with E-state index >= 15 is 0 Å². The fourth-order valence-electron chi connectivity index (χ4n) is 2.96. The highest BCUT2D eigenvalue weighted by Gasteiger charge is 2.33. The van der Waals surface area contributed by atoms with E-state index in [0.717, 1.165) is 7.11 Å². The summed E-state index contributed by atoms with van der Waals surface area (Å²) in [4.78, 5) is 37.2. The number of benzene rings is 2. The molecule has 0 aliphatic carbocycles. The quantitative estimate of drug-likeness (QED) is 0.413. The number of aromatic nitrogens is 2. The number of carbonyl (C=O) groups excluding carboxylic acids is 3. The number of methoxy groups -OCH3 is 3. The molecule has 0 bridgehead atoms. The smallest absolute Gasteiger partial charge is 0.357 e. The standard InChI is InChI=1S/C21H16Cl2N2O6/c1-29-19(26)11-9-13(22)15(14(23)10-11)17-16(20(27)30-2)18(21(28)31-3)25(24-17)12-7-5-4-6-8-12/h4-10H,1-3H3. The van der Waals surface area contributed by atoms with E-state index < -0.39 is 17.9 Å². The summed E-state index contributed by atoms with van der Waals surface area (Å²) >= 11 is 12.8. The van der Waals surface area contributed by atoms with Gasteiger partial charge in [-0.15, -0.1) is 0 Å². The fourth-order valence-corrected chi connectivity index (χ4v) is 3.63. The van der Waals surface area contributed by atoms with Crippen LogP contribution in [0.5, 0.6) is 0 Å². The van der Waals surface area contributed by atoms with Crippen molar-refractivity contribution in [2.24, 2.45) is 0 Å². The topological polar surface area (TPSA) is 96.7 Å². The van der Waals surface area contributed by atoms with Crippen molar-refractivity contribution < 1.29 is 28.6 Å². The van der Waals surface area contributed by atoms with Crippen molar-refractivity contribution in [1.29, 1.82) is 0 Å². The predicted octanol–water partition coefficient (Wildman–Crippen LogP) is 4.21. The Morgan fingerprint density at radius 2 is 1.39 bits per heavy atom. The number of rotatable bonds is 5. The summed E-state index contributed by atoms with van der Waals surface area (Å²) in [5, 5.41) is 4.48. The minimum absolute atomic E-state index is 0.0116. The maximum absolute atomic E-state index is 12.7. The van der Waals surface area contributed by atoms with Crippen molar-refractivity contribution in [3.05, 3.63) is 69.3 Å². The fraction of sp³-hybridized carbons (Fsp3) is 0.143. The molecular formula is C21H16Cl2N2O6. The molecule has 3 rings (SSSR count). The Morgan fingerprint density at radius 1 is 0.839 bits per heavy atom. The second-order valence-corrected chi connectivity index (χ2v) is 6.92. The normalized spacial score (nSPS) is 10.5. The van der Waals surface area contributed by atoms with Gasteiger partial charge in [0.2, 0.25) is 0 Å². The van der Waals surface area contributed by atoms with Crippen LogP contribution < -0.4 is 0 Å². The first kappa shape index (κ1) is 22.3. The predicted molar refractivity (Wildman–Crippen MR) is 113 cm³/mol. The van der Waals surface area contributed by atoms with Gasteiger partial charge in [0.1, 0.15) is 11.3 Å². The van der Waals surface area contributed by atoms with E-state index in [1.54, 1.807) is 30.3 Å². The van der Waals surface area contributed by atoms with E-state index in [0.29, 0.717) is 5.69 Å². The summed E-state index contributed by atoms with van der Waals surface area (Å²) < 4.78 is 15.7. The minimum atomic E-state index is -0.846. The summed E-state index contributed by atoms with van der Waals surface area (Å²) in [7, 11) is 3.56. The molecule has 0 fully saturated rings. The first-order chi connectivity index (χ1) is 14.8. The Morgan fingerprint density at radius 3 is 1.90 bits per heavy atom. The number of halogens is 2. The second kappa shape index (κ2) is 9.20. The van der Waals surface area contributed by atoms with Crippen LogP contribution in [0.4, 0.5) is 0 Å². The van der Waals surface area contributed by atoms with Gasteiger partial charge in [-0.1, -0.05) is 41.4 Å². The van der Waals surface area contributed by atoms with Crippen molar-refractivity contribution in [2.75, 3.05) is 21.3 Å². The molecule has 0 aliphatic rings. The Bertz CT molecular complexity index is 1150. The zero-order valence-corrected chi connectivity index (χ0v) is 18.2. The van der Waals surface area contributed by atoms with Crippen LogP contribution >= 0.6 is 23.2 Å². The highest BCUT2D eigenvalue weighted by Crippen LogP contribution is 2.39. The summed E-state index contributed by atoms with van der Waals surface area (Å²) in [5.41, 5.74) is 0.362. The second-order valence-electron chi connectivity index (χ2n) is 6.11. The van der Waals surface area contributed by atoms with E-state index in [2.05, 4.69) is 9.84 Å². The van der Waals surface area contributed by atoms with E-state index in [1.807, 2.05) is 0 Å². The zero-order chi connectivity index (χ0) is 22.7. The molecule has 8 nitrogen and oxygen atoms in total. The minimum Gasteiger partial charge on any atom is -0.465 e. The van der Waals surface area contributed by atoms with Gasteiger partial charge in [0.25, 0.3) is 0 Å². The lowest BCUT2D eigenvalue weighted by atomic mass is 10.0. The molecule has 0 amide bonds. The lowest BCUT2D eigenvalue weighted by molar-refractivity contribution is 0.0549. The van der Waals surface area contributed by atoms with Crippen molar-refractivity contribution in [3.8, 4) is 16.9 Å². The molecule has 0 saturated carbocycles. The van der Waals surface area contributed by atoms with E-state index in [4.69, 9.17) is 32.7 Å². The summed E-state index contributed by atoms with van der Waals surface area (Å²) in [6, 6.07) is 11.3. The Kier molecular flexibility index (Phi) is 6.62. The van der Waals surface area contributed by atoms with Crippen molar-refractivity contribution in [2.45, 2.75) is 0 Å². The monoisotopic (exact) mass is 462 g/mol. The molecular weight excluding hydrogens is 447 g/mol. The summed E-state index contributed by atoms with van der Waals surface area (Å²) in [6.07, 6.45) is 0. The number of ether oxygens (including phenoxy) is 3. The van der Waals surface area contributed by atoms with Gasteiger partial charge in [-0.05, 0) is 24.3 Å². The van der Waals surface area contributed by atoms with Crippen LogP contribution in [0.1, 0.15) is 31.2 Å². The third-order valence-corrected chi connectivity index (χ3v) is 4.95. The molecule has 1 heterocycles. The third kappa shape index (κ3) is 4.12. The molecule has 0 N–H and O–H groups in total. The number of hydrogen-bond donors (Lipinski definition) is 0. The number of hydrogen-bond acceptors (Lipinski definition) is 7. The SMILES string of the molecule is COC(=O)c1cc(Cl)c(-c2nn(-c3ccccc3)c(C(=O)OC)c2C(=O)OC)c(Cl)c1. The number of carbonyl (C=O) groups is 3. The third-order valence-electron chi connectivity index (χ3n) is 4.35. The van der Waals surface area contributed by atoms with E-state index in [-0.39, 0.29) is 38.1 Å². The van der Waals surface area contributed by atoms with Gasteiger partial charge in [0, 0.05) is 5.56 Å². The Labute approximate surface area is 187 Å². The molecule has 10 heteroatoms. The molecule has 3 aromatic rings. The van der Waals surface area contributed by atoms with Gasteiger partial charge in [0.15, 0.2) is 5.69 Å². The number of nitrogens with zero attached hydrogens (tertiary/aromatic N) is 2. The lowest BCUT2D eigenvalue weighted by Crippen LogP contribution is -2.15. The van der Waals surface area contributed by atoms with Gasteiger partial charge in [-0.2, -0.15) is 5.10 Å². The molecule has 0 aliphatic heterocycles. The van der Waals surface area contributed by atoms with Crippen LogP contribution in [-0.4, -0.2) is 49.0 Å². The molecule has 0 radical (unpaired) electrons. The van der Waals surface area contributed by atoms with Crippen molar-refractivity contribution >= 4 is 41.1 Å². The maximum atomic E-state index is 12.7.